The summed E-state index contributed by atoms with van der Waals surface area (Å²) in [6.07, 6.45) is 1.74. The Morgan fingerprint density at radius 3 is 2.42 bits per heavy atom. The molecule has 2 aromatic carbocycles. The highest BCUT2D eigenvalue weighted by Gasteiger charge is 2.27. The maximum atomic E-state index is 12.7. The summed E-state index contributed by atoms with van der Waals surface area (Å²) in [5.41, 5.74) is 1.29. The molecule has 0 N–H and O–H groups in total. The highest BCUT2D eigenvalue weighted by atomic mass is 32.2. The van der Waals surface area contributed by atoms with Gasteiger partial charge in [-0.1, -0.05) is 32.0 Å². The second-order valence-electron chi connectivity index (χ2n) is 6.76. The number of sulfonamides is 1. The molecule has 0 radical (unpaired) electrons. The topological polar surface area (TPSA) is 63.7 Å². The Kier molecular flexibility index (Phi) is 5.44. The molecule has 0 bridgehead atoms. The van der Waals surface area contributed by atoms with Crippen molar-refractivity contribution in [1.82, 2.24) is 4.31 Å². The third kappa shape index (κ3) is 3.97. The summed E-state index contributed by atoms with van der Waals surface area (Å²) >= 11 is 0. The van der Waals surface area contributed by atoms with Crippen LogP contribution < -0.4 is 4.74 Å². The van der Waals surface area contributed by atoms with Gasteiger partial charge in [-0.05, 0) is 54.7 Å². The van der Waals surface area contributed by atoms with Gasteiger partial charge >= 0.3 is 5.97 Å². The van der Waals surface area contributed by atoms with Crippen LogP contribution in [0.1, 0.15) is 48.5 Å². The molecule has 1 fully saturated rings. The van der Waals surface area contributed by atoms with E-state index < -0.39 is 16.0 Å². The Hall–Kier alpha value is -2.18. The Morgan fingerprint density at radius 2 is 1.73 bits per heavy atom. The van der Waals surface area contributed by atoms with Gasteiger partial charge in [0.15, 0.2) is 0 Å². The molecule has 1 heterocycles. The average molecular weight is 373 g/mol. The van der Waals surface area contributed by atoms with Crippen molar-refractivity contribution in [3.05, 3.63) is 59.7 Å². The fourth-order valence-electron chi connectivity index (χ4n) is 2.96. The summed E-state index contributed by atoms with van der Waals surface area (Å²) in [4.78, 5) is 12.6. The van der Waals surface area contributed by atoms with Crippen LogP contribution in [0.4, 0.5) is 0 Å². The van der Waals surface area contributed by atoms with Crippen LogP contribution in [0.2, 0.25) is 0 Å². The monoisotopic (exact) mass is 373 g/mol. The molecular weight excluding hydrogens is 350 g/mol. The molecule has 1 aliphatic rings. The molecule has 6 heteroatoms. The lowest BCUT2D eigenvalue weighted by Crippen LogP contribution is -2.28. The number of ether oxygens (including phenoxy) is 1. The molecule has 0 aromatic heterocycles. The lowest BCUT2D eigenvalue weighted by molar-refractivity contribution is 0.0734. The van der Waals surface area contributed by atoms with E-state index in [1.54, 1.807) is 18.2 Å². The van der Waals surface area contributed by atoms with E-state index in [2.05, 4.69) is 13.8 Å². The molecule has 0 atom stereocenters. The van der Waals surface area contributed by atoms with Crippen LogP contribution >= 0.6 is 0 Å². The summed E-state index contributed by atoms with van der Waals surface area (Å²) in [6.45, 7) is 5.18. The minimum atomic E-state index is -3.56. The quantitative estimate of drug-likeness (QED) is 0.590. The van der Waals surface area contributed by atoms with E-state index in [-0.39, 0.29) is 10.5 Å². The second-order valence-corrected chi connectivity index (χ2v) is 8.69. The SMILES string of the molecule is CC(C)c1cccc(OC(=O)c2cccc(S(=O)(=O)N3CCCC3)c2)c1. The number of hydrogen-bond acceptors (Lipinski definition) is 4. The Morgan fingerprint density at radius 1 is 1.04 bits per heavy atom. The second kappa shape index (κ2) is 7.60. The molecule has 5 nitrogen and oxygen atoms in total. The Labute approximate surface area is 154 Å². The fraction of sp³-hybridized carbons (Fsp3) is 0.350. The predicted octanol–water partition coefficient (Wildman–Crippen LogP) is 3.81. The molecule has 1 saturated heterocycles. The molecule has 0 aliphatic carbocycles. The Bertz CT molecular complexity index is 900. The van der Waals surface area contributed by atoms with E-state index in [4.69, 9.17) is 4.74 Å². The van der Waals surface area contributed by atoms with Gasteiger partial charge in [-0.25, -0.2) is 13.2 Å². The van der Waals surface area contributed by atoms with Gasteiger partial charge < -0.3 is 4.74 Å². The standard InChI is InChI=1S/C20H23NO4S/c1-15(2)16-7-5-9-18(13-16)25-20(22)17-8-6-10-19(14-17)26(23,24)21-11-3-4-12-21/h5-10,13-15H,3-4,11-12H2,1-2H3. The normalized spacial score (nSPS) is 15.3. The van der Waals surface area contributed by atoms with Gasteiger partial charge in [0.1, 0.15) is 5.75 Å². The number of esters is 1. The van der Waals surface area contributed by atoms with Crippen LogP contribution in [0.5, 0.6) is 5.75 Å². The molecule has 0 unspecified atom stereocenters. The molecule has 26 heavy (non-hydrogen) atoms. The third-order valence-electron chi connectivity index (χ3n) is 4.51. The summed E-state index contributed by atoms with van der Waals surface area (Å²) in [5, 5.41) is 0. The number of nitrogens with zero attached hydrogens (tertiary/aromatic N) is 1. The van der Waals surface area contributed by atoms with Crippen LogP contribution in [-0.4, -0.2) is 31.8 Å². The molecule has 0 saturated carbocycles. The first kappa shape index (κ1) is 18.6. The van der Waals surface area contributed by atoms with Gasteiger partial charge in [0.05, 0.1) is 10.5 Å². The maximum absolute atomic E-state index is 12.7. The molecule has 0 amide bonds. The maximum Gasteiger partial charge on any atom is 0.343 e. The molecular formula is C20H23NO4S. The van der Waals surface area contributed by atoms with Crippen LogP contribution in [0.3, 0.4) is 0 Å². The van der Waals surface area contributed by atoms with Crippen LogP contribution in [0.15, 0.2) is 53.4 Å². The van der Waals surface area contributed by atoms with Crippen molar-refractivity contribution >= 4 is 16.0 Å². The smallest absolute Gasteiger partial charge is 0.343 e. The van der Waals surface area contributed by atoms with Crippen molar-refractivity contribution in [3.8, 4) is 5.75 Å². The number of benzene rings is 2. The number of rotatable bonds is 5. The van der Waals surface area contributed by atoms with Gasteiger partial charge in [-0.15, -0.1) is 0 Å². The first-order chi connectivity index (χ1) is 12.4. The molecule has 2 aromatic rings. The van der Waals surface area contributed by atoms with E-state index in [0.717, 1.165) is 18.4 Å². The van der Waals surface area contributed by atoms with E-state index >= 15 is 0 Å². The fourth-order valence-corrected chi connectivity index (χ4v) is 4.53. The van der Waals surface area contributed by atoms with Crippen LogP contribution in [0, 0.1) is 0 Å². The van der Waals surface area contributed by atoms with Gasteiger partial charge in [-0.3, -0.25) is 0 Å². The van der Waals surface area contributed by atoms with Gasteiger partial charge in [0.25, 0.3) is 0 Å². The first-order valence-corrected chi connectivity index (χ1v) is 10.2. The molecule has 0 spiro atoms. The van der Waals surface area contributed by atoms with Crippen molar-refractivity contribution in [2.24, 2.45) is 0 Å². The first-order valence-electron chi connectivity index (χ1n) is 8.80. The van der Waals surface area contributed by atoms with Gasteiger partial charge in [-0.2, -0.15) is 4.31 Å². The van der Waals surface area contributed by atoms with E-state index in [1.807, 2.05) is 18.2 Å². The van der Waals surface area contributed by atoms with Crippen molar-refractivity contribution in [2.45, 2.75) is 37.5 Å². The van der Waals surface area contributed by atoms with Gasteiger partial charge in [0.2, 0.25) is 10.0 Å². The highest BCUT2D eigenvalue weighted by molar-refractivity contribution is 7.89. The van der Waals surface area contributed by atoms with Crippen molar-refractivity contribution in [1.29, 1.82) is 0 Å². The summed E-state index contributed by atoms with van der Waals surface area (Å²) < 4.78 is 32.2. The van der Waals surface area contributed by atoms with E-state index in [0.29, 0.717) is 24.8 Å². The van der Waals surface area contributed by atoms with Crippen molar-refractivity contribution in [2.75, 3.05) is 13.1 Å². The predicted molar refractivity (Wildman–Crippen MR) is 99.9 cm³/mol. The zero-order chi connectivity index (χ0) is 18.7. The number of hydrogen-bond donors (Lipinski definition) is 0. The summed E-state index contributed by atoms with van der Waals surface area (Å²) in [6, 6.07) is 13.4. The van der Waals surface area contributed by atoms with Crippen molar-refractivity contribution < 1.29 is 17.9 Å². The van der Waals surface area contributed by atoms with E-state index in [9.17, 15) is 13.2 Å². The molecule has 3 rings (SSSR count). The number of carbonyl (C=O) groups excluding carboxylic acids is 1. The third-order valence-corrected chi connectivity index (χ3v) is 6.40. The summed E-state index contributed by atoms with van der Waals surface area (Å²) in [7, 11) is -3.56. The Balaban J connectivity index is 1.81. The van der Waals surface area contributed by atoms with E-state index in [1.165, 1.54) is 16.4 Å². The lowest BCUT2D eigenvalue weighted by atomic mass is 10.0. The minimum Gasteiger partial charge on any atom is -0.423 e. The molecule has 1 aliphatic heterocycles. The number of carbonyl (C=O) groups is 1. The zero-order valence-corrected chi connectivity index (χ0v) is 15.8. The molecule has 138 valence electrons. The zero-order valence-electron chi connectivity index (χ0n) is 15.0. The highest BCUT2D eigenvalue weighted by Crippen LogP contribution is 2.23. The largest absolute Gasteiger partial charge is 0.423 e. The van der Waals surface area contributed by atoms with Crippen LogP contribution in [0.25, 0.3) is 0 Å². The van der Waals surface area contributed by atoms with Crippen molar-refractivity contribution in [3.63, 3.8) is 0 Å². The lowest BCUT2D eigenvalue weighted by Gasteiger charge is -2.16. The minimum absolute atomic E-state index is 0.129. The van der Waals surface area contributed by atoms with Gasteiger partial charge in [0, 0.05) is 13.1 Å². The van der Waals surface area contributed by atoms with Crippen LogP contribution in [-0.2, 0) is 10.0 Å². The summed E-state index contributed by atoms with van der Waals surface area (Å²) in [5.74, 6) is 0.209. The average Bonchev–Trinajstić information content (AvgIpc) is 3.17.